The Morgan fingerprint density at radius 1 is 1.28 bits per heavy atom. The lowest BCUT2D eigenvalue weighted by Gasteiger charge is -2.13. The molecule has 9 heteroatoms. The molecule has 25 heavy (non-hydrogen) atoms. The highest BCUT2D eigenvalue weighted by atomic mass is 19.4. The van der Waals surface area contributed by atoms with E-state index in [0.29, 0.717) is 22.3 Å². The molecular weight excluding hydrogens is 339 g/mol. The SMILES string of the molecule is CC(=O)NC(=O)c1ccc(-c2noc(C(F)(F)F)n2)c(C2CC2)c1C. The van der Waals surface area contributed by atoms with Gasteiger partial charge in [-0.15, -0.1) is 0 Å². The van der Waals surface area contributed by atoms with Crippen LogP contribution in [0.4, 0.5) is 13.2 Å². The van der Waals surface area contributed by atoms with Crippen LogP contribution in [0.25, 0.3) is 11.4 Å². The summed E-state index contributed by atoms with van der Waals surface area (Å²) in [7, 11) is 0. The molecule has 1 aliphatic carbocycles. The van der Waals surface area contributed by atoms with E-state index in [1.54, 1.807) is 6.92 Å². The van der Waals surface area contributed by atoms with Crippen LogP contribution in [-0.2, 0) is 11.0 Å². The van der Waals surface area contributed by atoms with Crippen molar-refractivity contribution in [3.63, 3.8) is 0 Å². The summed E-state index contributed by atoms with van der Waals surface area (Å²) < 4.78 is 42.3. The molecule has 132 valence electrons. The smallest absolute Gasteiger partial charge is 0.329 e. The predicted octanol–water partition coefficient (Wildman–Crippen LogP) is 3.22. The Morgan fingerprint density at radius 3 is 2.48 bits per heavy atom. The van der Waals surface area contributed by atoms with Crippen molar-refractivity contribution in [1.82, 2.24) is 15.5 Å². The van der Waals surface area contributed by atoms with E-state index in [0.717, 1.165) is 12.8 Å². The average Bonchev–Trinajstić information content (AvgIpc) is 3.20. The van der Waals surface area contributed by atoms with Crippen LogP contribution < -0.4 is 5.32 Å². The van der Waals surface area contributed by atoms with Crippen LogP contribution in [0.15, 0.2) is 16.7 Å². The summed E-state index contributed by atoms with van der Waals surface area (Å²) in [5, 5.41) is 5.62. The Bertz CT molecular complexity index is 854. The van der Waals surface area contributed by atoms with Crippen molar-refractivity contribution in [3.05, 3.63) is 34.7 Å². The van der Waals surface area contributed by atoms with Gasteiger partial charge in [0.2, 0.25) is 11.7 Å². The molecule has 1 saturated carbocycles. The Morgan fingerprint density at radius 2 is 1.96 bits per heavy atom. The molecule has 1 heterocycles. The average molecular weight is 353 g/mol. The Balaban J connectivity index is 2.06. The summed E-state index contributed by atoms with van der Waals surface area (Å²) in [6, 6.07) is 2.93. The number of hydrogen-bond donors (Lipinski definition) is 1. The van der Waals surface area contributed by atoms with Crippen LogP contribution in [0.3, 0.4) is 0 Å². The number of amides is 2. The van der Waals surface area contributed by atoms with Gasteiger partial charge in [0, 0.05) is 18.1 Å². The van der Waals surface area contributed by atoms with Gasteiger partial charge in [0.25, 0.3) is 5.91 Å². The standard InChI is InChI=1S/C16H14F3N3O3/c1-7-10(14(24)20-8(2)23)5-6-11(12(7)9-3-4-9)13-21-15(25-22-13)16(17,18)19/h5-6,9H,3-4H2,1-2H3,(H,20,23,24). The Kier molecular flexibility index (Phi) is 4.09. The molecule has 6 nitrogen and oxygen atoms in total. The second-order valence-corrected chi connectivity index (χ2v) is 5.90. The minimum atomic E-state index is -4.72. The minimum Gasteiger partial charge on any atom is -0.329 e. The zero-order valence-electron chi connectivity index (χ0n) is 13.4. The van der Waals surface area contributed by atoms with Crippen LogP contribution >= 0.6 is 0 Å². The van der Waals surface area contributed by atoms with E-state index < -0.39 is 23.9 Å². The number of hydrogen-bond acceptors (Lipinski definition) is 5. The van der Waals surface area contributed by atoms with Crippen molar-refractivity contribution in [3.8, 4) is 11.4 Å². The molecule has 0 atom stereocenters. The molecule has 1 aromatic carbocycles. The van der Waals surface area contributed by atoms with Gasteiger partial charge in [0.15, 0.2) is 0 Å². The number of rotatable bonds is 3. The van der Waals surface area contributed by atoms with Gasteiger partial charge in [0.05, 0.1) is 0 Å². The van der Waals surface area contributed by atoms with Gasteiger partial charge in [-0.3, -0.25) is 14.9 Å². The molecule has 0 unspecified atom stereocenters. The zero-order chi connectivity index (χ0) is 18.4. The predicted molar refractivity (Wildman–Crippen MR) is 79.6 cm³/mol. The highest BCUT2D eigenvalue weighted by Crippen LogP contribution is 2.46. The zero-order valence-corrected chi connectivity index (χ0v) is 13.4. The number of carbonyl (C=O) groups is 2. The number of imide groups is 1. The number of nitrogens with zero attached hydrogens (tertiary/aromatic N) is 2. The number of benzene rings is 1. The number of aromatic nitrogens is 2. The van der Waals surface area contributed by atoms with E-state index >= 15 is 0 Å². The first kappa shape index (κ1) is 17.1. The van der Waals surface area contributed by atoms with Crippen molar-refractivity contribution in [2.75, 3.05) is 0 Å². The van der Waals surface area contributed by atoms with E-state index in [1.807, 2.05) is 0 Å². The summed E-state index contributed by atoms with van der Waals surface area (Å²) in [4.78, 5) is 26.6. The highest BCUT2D eigenvalue weighted by molar-refractivity contribution is 6.05. The van der Waals surface area contributed by atoms with Crippen LogP contribution in [-0.4, -0.2) is 22.0 Å². The number of nitrogens with one attached hydrogen (secondary N) is 1. The molecule has 3 rings (SSSR count). The monoisotopic (exact) mass is 353 g/mol. The fourth-order valence-corrected chi connectivity index (χ4v) is 2.74. The molecule has 0 bridgehead atoms. The molecule has 2 aromatic rings. The molecule has 1 aromatic heterocycles. The van der Waals surface area contributed by atoms with Crippen LogP contribution in [0.2, 0.25) is 0 Å². The summed E-state index contributed by atoms with van der Waals surface area (Å²) in [5.41, 5.74) is 2.00. The normalized spacial score (nSPS) is 14.4. The van der Waals surface area contributed by atoms with Crippen molar-refractivity contribution in [2.24, 2.45) is 0 Å². The summed E-state index contributed by atoms with van der Waals surface area (Å²) in [5.74, 6) is -2.51. The van der Waals surface area contributed by atoms with E-state index in [4.69, 9.17) is 0 Å². The molecule has 1 N–H and O–H groups in total. The second-order valence-electron chi connectivity index (χ2n) is 5.90. The molecule has 0 radical (unpaired) electrons. The Hall–Kier alpha value is -2.71. The lowest BCUT2D eigenvalue weighted by molar-refractivity contribution is -0.159. The van der Waals surface area contributed by atoms with Crippen molar-refractivity contribution in [1.29, 1.82) is 0 Å². The maximum absolute atomic E-state index is 12.7. The van der Waals surface area contributed by atoms with Crippen LogP contribution in [0.1, 0.15) is 53.1 Å². The van der Waals surface area contributed by atoms with E-state index in [9.17, 15) is 22.8 Å². The van der Waals surface area contributed by atoms with E-state index in [-0.39, 0.29) is 11.7 Å². The van der Waals surface area contributed by atoms with Gasteiger partial charge < -0.3 is 4.52 Å². The third kappa shape index (κ3) is 3.40. The van der Waals surface area contributed by atoms with E-state index in [2.05, 4.69) is 20.0 Å². The van der Waals surface area contributed by atoms with Gasteiger partial charge >= 0.3 is 12.1 Å². The lowest BCUT2D eigenvalue weighted by atomic mass is 9.93. The molecule has 2 amide bonds. The summed E-state index contributed by atoms with van der Waals surface area (Å²) >= 11 is 0. The van der Waals surface area contributed by atoms with Gasteiger partial charge in [-0.1, -0.05) is 5.16 Å². The fourth-order valence-electron chi connectivity index (χ4n) is 2.74. The molecule has 1 fully saturated rings. The summed E-state index contributed by atoms with van der Waals surface area (Å²) in [6.07, 6.45) is -3.01. The number of halogens is 3. The maximum atomic E-state index is 12.7. The van der Waals surface area contributed by atoms with Crippen molar-refractivity contribution < 1.29 is 27.3 Å². The topological polar surface area (TPSA) is 85.1 Å². The van der Waals surface area contributed by atoms with Crippen LogP contribution in [0, 0.1) is 6.92 Å². The molecule has 0 aliphatic heterocycles. The molecule has 1 aliphatic rings. The summed E-state index contributed by atoms with van der Waals surface area (Å²) in [6.45, 7) is 2.92. The highest BCUT2D eigenvalue weighted by Gasteiger charge is 2.39. The molecule has 0 saturated heterocycles. The first-order chi connectivity index (χ1) is 11.7. The van der Waals surface area contributed by atoms with Gasteiger partial charge in [-0.25, -0.2) is 0 Å². The van der Waals surface area contributed by atoms with Gasteiger partial charge in [-0.05, 0) is 48.9 Å². The maximum Gasteiger partial charge on any atom is 0.471 e. The van der Waals surface area contributed by atoms with E-state index in [1.165, 1.54) is 19.1 Å². The van der Waals surface area contributed by atoms with Gasteiger partial charge in [-0.2, -0.15) is 18.2 Å². The fraction of sp³-hybridized carbons (Fsp3) is 0.375. The van der Waals surface area contributed by atoms with Crippen LogP contribution in [0.5, 0.6) is 0 Å². The third-order valence-corrected chi connectivity index (χ3v) is 3.94. The largest absolute Gasteiger partial charge is 0.471 e. The van der Waals surface area contributed by atoms with Gasteiger partial charge in [0.1, 0.15) is 0 Å². The third-order valence-electron chi connectivity index (χ3n) is 3.94. The lowest BCUT2D eigenvalue weighted by Crippen LogP contribution is -2.28. The number of carbonyl (C=O) groups excluding carboxylic acids is 2. The molecular formula is C16H14F3N3O3. The minimum absolute atomic E-state index is 0.118. The van der Waals surface area contributed by atoms with Crippen molar-refractivity contribution in [2.45, 2.75) is 38.8 Å². The first-order valence-corrected chi connectivity index (χ1v) is 7.55. The second kappa shape index (κ2) is 5.98. The van der Waals surface area contributed by atoms with Crippen molar-refractivity contribution >= 4 is 11.8 Å². The molecule has 0 spiro atoms. The quantitative estimate of drug-likeness (QED) is 0.916. The first-order valence-electron chi connectivity index (χ1n) is 7.55. The Labute approximate surface area is 140 Å². The number of alkyl halides is 3.